The number of hydrogen-bond acceptors (Lipinski definition) is 6. The Labute approximate surface area is 183 Å². The molecule has 0 fully saturated rings. The average Bonchev–Trinajstić information content (AvgIpc) is 3.34. The SMILES string of the molecule is COc1c(NC(=O)OCc2ccccc2)cn2ncnc(C3C(=O)Nc4ccccc43)c12. The molecule has 5 rings (SSSR count). The molecule has 0 saturated carbocycles. The summed E-state index contributed by atoms with van der Waals surface area (Å²) in [5.41, 5.74) is 3.76. The molecule has 9 nitrogen and oxygen atoms in total. The maximum Gasteiger partial charge on any atom is 0.412 e. The summed E-state index contributed by atoms with van der Waals surface area (Å²) < 4.78 is 12.4. The number of benzene rings is 2. The van der Waals surface area contributed by atoms with E-state index in [0.29, 0.717) is 22.6 Å². The molecule has 0 aliphatic carbocycles. The molecule has 4 aromatic rings. The fraction of sp³-hybridized carbons (Fsp3) is 0.130. The van der Waals surface area contributed by atoms with Gasteiger partial charge in [-0.1, -0.05) is 48.5 Å². The summed E-state index contributed by atoms with van der Waals surface area (Å²) in [6.45, 7) is 0.131. The highest BCUT2D eigenvalue weighted by Gasteiger charge is 2.35. The summed E-state index contributed by atoms with van der Waals surface area (Å²) >= 11 is 0. The van der Waals surface area contributed by atoms with E-state index in [1.807, 2.05) is 54.6 Å². The predicted octanol–water partition coefficient (Wildman–Crippen LogP) is 3.57. The Kier molecular flexibility index (Phi) is 4.91. The molecule has 2 aromatic heterocycles. The number of rotatable bonds is 5. The lowest BCUT2D eigenvalue weighted by Gasteiger charge is -2.11. The third-order valence-electron chi connectivity index (χ3n) is 5.27. The van der Waals surface area contributed by atoms with Crippen molar-refractivity contribution in [1.29, 1.82) is 0 Å². The first-order chi connectivity index (χ1) is 15.7. The number of para-hydroxylation sites is 1. The van der Waals surface area contributed by atoms with E-state index in [4.69, 9.17) is 9.47 Å². The van der Waals surface area contributed by atoms with Crippen molar-refractivity contribution < 1.29 is 19.1 Å². The molecule has 1 atom stereocenters. The van der Waals surface area contributed by atoms with Gasteiger partial charge in [0.1, 0.15) is 30.1 Å². The Morgan fingerprint density at radius 2 is 1.94 bits per heavy atom. The highest BCUT2D eigenvalue weighted by molar-refractivity contribution is 6.06. The van der Waals surface area contributed by atoms with Crippen molar-refractivity contribution >= 4 is 28.9 Å². The van der Waals surface area contributed by atoms with E-state index in [1.165, 1.54) is 18.0 Å². The molecule has 3 heterocycles. The molecule has 1 unspecified atom stereocenters. The first kappa shape index (κ1) is 19.6. The quantitative estimate of drug-likeness (QED) is 0.502. The minimum absolute atomic E-state index is 0.131. The first-order valence-corrected chi connectivity index (χ1v) is 9.93. The van der Waals surface area contributed by atoms with Crippen LogP contribution in [-0.4, -0.2) is 33.7 Å². The number of anilines is 2. The molecule has 0 saturated heterocycles. The fourth-order valence-corrected chi connectivity index (χ4v) is 3.86. The second-order valence-corrected chi connectivity index (χ2v) is 7.21. The zero-order valence-electron chi connectivity index (χ0n) is 17.1. The van der Waals surface area contributed by atoms with E-state index in [9.17, 15) is 9.59 Å². The number of amides is 2. The molecule has 0 spiro atoms. The second-order valence-electron chi connectivity index (χ2n) is 7.21. The van der Waals surface area contributed by atoms with Crippen LogP contribution in [0.2, 0.25) is 0 Å². The number of aromatic nitrogens is 3. The Balaban J connectivity index is 1.48. The number of ether oxygens (including phenoxy) is 2. The highest BCUT2D eigenvalue weighted by atomic mass is 16.5. The topological polar surface area (TPSA) is 107 Å². The van der Waals surface area contributed by atoms with Gasteiger partial charge in [0.15, 0.2) is 5.75 Å². The van der Waals surface area contributed by atoms with Crippen molar-refractivity contribution in [2.45, 2.75) is 12.5 Å². The Morgan fingerprint density at radius 3 is 2.75 bits per heavy atom. The number of carbonyl (C=O) groups is 2. The van der Waals surface area contributed by atoms with Crippen LogP contribution in [0, 0.1) is 0 Å². The van der Waals surface area contributed by atoms with Crippen LogP contribution in [0.5, 0.6) is 5.75 Å². The van der Waals surface area contributed by atoms with Crippen molar-refractivity contribution in [3.05, 3.63) is 83.9 Å². The van der Waals surface area contributed by atoms with Crippen molar-refractivity contribution in [2.75, 3.05) is 17.7 Å². The first-order valence-electron chi connectivity index (χ1n) is 9.93. The van der Waals surface area contributed by atoms with E-state index in [2.05, 4.69) is 20.7 Å². The van der Waals surface area contributed by atoms with Gasteiger partial charge in [-0.3, -0.25) is 10.1 Å². The molecule has 1 aliphatic rings. The maximum absolute atomic E-state index is 12.8. The lowest BCUT2D eigenvalue weighted by atomic mass is 9.96. The van der Waals surface area contributed by atoms with Gasteiger partial charge in [-0.05, 0) is 17.2 Å². The monoisotopic (exact) mass is 429 g/mol. The van der Waals surface area contributed by atoms with Gasteiger partial charge in [-0.25, -0.2) is 14.3 Å². The summed E-state index contributed by atoms with van der Waals surface area (Å²) in [5, 5.41) is 9.80. The predicted molar refractivity (Wildman–Crippen MR) is 117 cm³/mol. The molecule has 160 valence electrons. The van der Waals surface area contributed by atoms with E-state index in [-0.39, 0.29) is 12.5 Å². The van der Waals surface area contributed by atoms with Gasteiger partial charge in [0, 0.05) is 5.69 Å². The molecule has 32 heavy (non-hydrogen) atoms. The van der Waals surface area contributed by atoms with Gasteiger partial charge in [0.2, 0.25) is 5.91 Å². The van der Waals surface area contributed by atoms with Crippen molar-refractivity contribution in [2.24, 2.45) is 0 Å². The van der Waals surface area contributed by atoms with Gasteiger partial charge in [0.05, 0.1) is 19.0 Å². The van der Waals surface area contributed by atoms with Crippen LogP contribution in [0.1, 0.15) is 22.7 Å². The Bertz CT molecular complexity index is 1320. The lowest BCUT2D eigenvalue weighted by Crippen LogP contribution is -2.16. The minimum atomic E-state index is -0.637. The van der Waals surface area contributed by atoms with E-state index < -0.39 is 12.0 Å². The van der Waals surface area contributed by atoms with E-state index in [1.54, 1.807) is 6.20 Å². The molecular weight excluding hydrogens is 410 g/mol. The molecular formula is C23H19N5O4. The van der Waals surface area contributed by atoms with E-state index in [0.717, 1.165) is 16.8 Å². The fourth-order valence-electron chi connectivity index (χ4n) is 3.86. The zero-order valence-corrected chi connectivity index (χ0v) is 17.1. The molecule has 2 amide bonds. The number of nitrogens with one attached hydrogen (secondary N) is 2. The van der Waals surface area contributed by atoms with Crippen LogP contribution in [0.4, 0.5) is 16.2 Å². The summed E-state index contributed by atoms with van der Waals surface area (Å²) in [5.74, 6) is -0.473. The van der Waals surface area contributed by atoms with Crippen LogP contribution >= 0.6 is 0 Å². The van der Waals surface area contributed by atoms with Crippen LogP contribution in [0.3, 0.4) is 0 Å². The van der Waals surface area contributed by atoms with Gasteiger partial charge in [-0.15, -0.1) is 0 Å². The van der Waals surface area contributed by atoms with Crippen LogP contribution in [-0.2, 0) is 16.1 Å². The van der Waals surface area contributed by atoms with Gasteiger partial charge in [0.25, 0.3) is 0 Å². The zero-order chi connectivity index (χ0) is 22.1. The maximum atomic E-state index is 12.8. The molecule has 2 N–H and O–H groups in total. The number of carbonyl (C=O) groups excluding carboxylic acids is 2. The number of fused-ring (bicyclic) bond motifs is 2. The lowest BCUT2D eigenvalue weighted by molar-refractivity contribution is -0.116. The molecule has 1 aliphatic heterocycles. The normalized spacial score (nSPS) is 14.7. The van der Waals surface area contributed by atoms with Gasteiger partial charge in [-0.2, -0.15) is 5.10 Å². The molecule has 0 bridgehead atoms. The third kappa shape index (κ3) is 3.39. The summed E-state index contributed by atoms with van der Waals surface area (Å²) in [4.78, 5) is 29.6. The third-order valence-corrected chi connectivity index (χ3v) is 5.27. The number of nitrogens with zero attached hydrogens (tertiary/aromatic N) is 3. The smallest absolute Gasteiger partial charge is 0.412 e. The largest absolute Gasteiger partial charge is 0.492 e. The molecule has 9 heteroatoms. The number of hydrogen-bond donors (Lipinski definition) is 2. The summed E-state index contributed by atoms with van der Waals surface area (Å²) in [7, 11) is 1.48. The highest BCUT2D eigenvalue weighted by Crippen LogP contribution is 2.41. The van der Waals surface area contributed by atoms with Crippen LogP contribution in [0.15, 0.2) is 67.1 Å². The van der Waals surface area contributed by atoms with Crippen LogP contribution in [0.25, 0.3) is 5.52 Å². The summed E-state index contributed by atoms with van der Waals surface area (Å²) in [6.07, 6.45) is 2.33. The van der Waals surface area contributed by atoms with Crippen molar-refractivity contribution in [3.63, 3.8) is 0 Å². The van der Waals surface area contributed by atoms with Crippen LogP contribution < -0.4 is 15.4 Å². The Hall–Kier alpha value is -4.40. The average molecular weight is 429 g/mol. The van der Waals surface area contributed by atoms with Gasteiger partial charge < -0.3 is 14.8 Å². The molecule has 2 aromatic carbocycles. The van der Waals surface area contributed by atoms with E-state index >= 15 is 0 Å². The number of methoxy groups -OCH3 is 1. The minimum Gasteiger partial charge on any atom is -0.492 e. The van der Waals surface area contributed by atoms with Gasteiger partial charge >= 0.3 is 6.09 Å². The Morgan fingerprint density at radius 1 is 1.16 bits per heavy atom. The van der Waals surface area contributed by atoms with Crippen molar-refractivity contribution in [3.8, 4) is 5.75 Å². The molecule has 0 radical (unpaired) electrons. The standard InChI is InChI=1S/C23H19N5O4/c1-31-21-17(27-23(30)32-12-14-7-3-2-4-8-14)11-28-20(21)19(24-13-25-28)18-15-9-5-6-10-16(15)26-22(18)29/h2-11,13,18H,12H2,1H3,(H,26,29)(H,27,30). The second kappa shape index (κ2) is 8.03. The van der Waals surface area contributed by atoms with Crippen molar-refractivity contribution in [1.82, 2.24) is 14.6 Å². The summed E-state index contributed by atoms with van der Waals surface area (Å²) in [6, 6.07) is 16.8.